The van der Waals surface area contributed by atoms with Crippen molar-refractivity contribution in [1.29, 1.82) is 0 Å². The lowest BCUT2D eigenvalue weighted by molar-refractivity contribution is 0.103. The first kappa shape index (κ1) is 13.9. The molecule has 20 heavy (non-hydrogen) atoms. The van der Waals surface area contributed by atoms with Crippen molar-refractivity contribution in [3.63, 3.8) is 0 Å². The molecule has 1 heterocycles. The summed E-state index contributed by atoms with van der Waals surface area (Å²) >= 11 is 0. The van der Waals surface area contributed by atoms with Crippen LogP contribution in [0.1, 0.15) is 15.9 Å². The van der Waals surface area contributed by atoms with Crippen molar-refractivity contribution in [3.05, 3.63) is 47.8 Å². The Hall–Kier alpha value is -2.56. The van der Waals surface area contributed by atoms with Crippen molar-refractivity contribution in [2.75, 3.05) is 21.3 Å². The average molecular weight is 273 g/mol. The van der Waals surface area contributed by atoms with Crippen LogP contribution in [0.25, 0.3) is 0 Å². The first-order chi connectivity index (χ1) is 9.69. The van der Waals surface area contributed by atoms with Crippen molar-refractivity contribution < 1.29 is 19.0 Å². The van der Waals surface area contributed by atoms with Crippen LogP contribution in [0.4, 0.5) is 0 Å². The predicted octanol–water partition coefficient (Wildman–Crippen LogP) is 2.34. The second-order valence-electron chi connectivity index (χ2n) is 4.01. The highest BCUT2D eigenvalue weighted by Crippen LogP contribution is 2.26. The molecule has 2 aromatic rings. The van der Waals surface area contributed by atoms with Gasteiger partial charge in [0.05, 0.1) is 33.1 Å². The summed E-state index contributed by atoms with van der Waals surface area (Å²) < 4.78 is 15.5. The fourth-order valence-corrected chi connectivity index (χ4v) is 1.82. The smallest absolute Gasteiger partial charge is 0.197 e. The molecule has 0 saturated heterocycles. The molecule has 0 atom stereocenters. The number of pyridine rings is 1. The molecule has 0 radical (unpaired) electrons. The van der Waals surface area contributed by atoms with Crippen molar-refractivity contribution in [3.8, 4) is 17.2 Å². The molecule has 1 aromatic carbocycles. The minimum absolute atomic E-state index is 0.179. The van der Waals surface area contributed by atoms with Gasteiger partial charge in [-0.1, -0.05) is 0 Å². The zero-order valence-electron chi connectivity index (χ0n) is 11.5. The molecule has 104 valence electrons. The van der Waals surface area contributed by atoms with Crippen LogP contribution in [0.15, 0.2) is 36.7 Å². The van der Waals surface area contributed by atoms with Gasteiger partial charge in [-0.05, 0) is 18.2 Å². The Morgan fingerprint density at radius 3 is 2.20 bits per heavy atom. The quantitative estimate of drug-likeness (QED) is 0.783. The SMILES string of the molecule is COc1cc(OC)cc(C(=O)c2ccncc2OC)c1. The Bertz CT molecular complexity index is 603. The summed E-state index contributed by atoms with van der Waals surface area (Å²) in [6, 6.07) is 6.64. The third kappa shape index (κ3) is 2.71. The Balaban J connectivity index is 2.47. The van der Waals surface area contributed by atoms with Crippen LogP contribution in [0.5, 0.6) is 17.2 Å². The largest absolute Gasteiger partial charge is 0.497 e. The number of ether oxygens (including phenoxy) is 3. The minimum Gasteiger partial charge on any atom is -0.497 e. The van der Waals surface area contributed by atoms with Crippen molar-refractivity contribution in [2.24, 2.45) is 0 Å². The highest BCUT2D eigenvalue weighted by atomic mass is 16.5. The lowest BCUT2D eigenvalue weighted by Crippen LogP contribution is -2.05. The van der Waals surface area contributed by atoms with Crippen LogP contribution in [0, 0.1) is 0 Å². The molecule has 1 aromatic heterocycles. The first-order valence-electron chi connectivity index (χ1n) is 5.95. The van der Waals surface area contributed by atoms with Crippen molar-refractivity contribution >= 4 is 5.78 Å². The molecule has 5 nitrogen and oxygen atoms in total. The van der Waals surface area contributed by atoms with Crippen LogP contribution in [0.3, 0.4) is 0 Å². The summed E-state index contributed by atoms with van der Waals surface area (Å²) in [5.41, 5.74) is 0.906. The maximum Gasteiger partial charge on any atom is 0.197 e. The number of carbonyl (C=O) groups is 1. The van der Waals surface area contributed by atoms with Crippen LogP contribution in [0.2, 0.25) is 0 Å². The molecule has 0 unspecified atom stereocenters. The van der Waals surface area contributed by atoms with E-state index in [-0.39, 0.29) is 5.78 Å². The number of nitrogens with zero attached hydrogens (tertiary/aromatic N) is 1. The van der Waals surface area contributed by atoms with Gasteiger partial charge in [-0.2, -0.15) is 0 Å². The van der Waals surface area contributed by atoms with Crippen molar-refractivity contribution in [1.82, 2.24) is 4.98 Å². The number of ketones is 1. The van der Waals surface area contributed by atoms with Gasteiger partial charge in [0, 0.05) is 17.8 Å². The van der Waals surface area contributed by atoms with Gasteiger partial charge in [-0.25, -0.2) is 0 Å². The lowest BCUT2D eigenvalue weighted by Gasteiger charge is -2.09. The number of carbonyl (C=O) groups excluding carboxylic acids is 1. The summed E-state index contributed by atoms with van der Waals surface area (Å²) in [6.45, 7) is 0. The van der Waals surface area contributed by atoms with Gasteiger partial charge in [0.2, 0.25) is 0 Å². The summed E-state index contributed by atoms with van der Waals surface area (Å²) in [5.74, 6) is 1.36. The van der Waals surface area contributed by atoms with E-state index in [1.54, 1.807) is 30.5 Å². The summed E-state index contributed by atoms with van der Waals surface area (Å²) in [5, 5.41) is 0. The van der Waals surface area contributed by atoms with Gasteiger partial charge in [0.1, 0.15) is 17.2 Å². The van der Waals surface area contributed by atoms with E-state index in [0.717, 1.165) is 0 Å². The zero-order chi connectivity index (χ0) is 14.5. The van der Waals surface area contributed by atoms with Gasteiger partial charge >= 0.3 is 0 Å². The minimum atomic E-state index is -0.179. The molecule has 0 aliphatic rings. The van der Waals surface area contributed by atoms with Gasteiger partial charge in [-0.15, -0.1) is 0 Å². The van der Waals surface area contributed by atoms with E-state index in [1.807, 2.05) is 0 Å². The Kier molecular flexibility index (Phi) is 4.20. The fraction of sp³-hybridized carbons (Fsp3) is 0.200. The number of benzene rings is 1. The number of methoxy groups -OCH3 is 3. The Morgan fingerprint density at radius 1 is 1.00 bits per heavy atom. The van der Waals surface area contributed by atoms with Gasteiger partial charge in [0.15, 0.2) is 5.78 Å². The monoisotopic (exact) mass is 273 g/mol. The standard InChI is InChI=1S/C15H15NO4/c1-18-11-6-10(7-12(8-11)19-2)15(17)13-4-5-16-9-14(13)20-3/h4-9H,1-3H3. The molecule has 0 saturated carbocycles. The van der Waals surface area contributed by atoms with E-state index >= 15 is 0 Å². The van der Waals surface area contributed by atoms with Crippen molar-refractivity contribution in [2.45, 2.75) is 0 Å². The Labute approximate surface area is 117 Å². The van der Waals surface area contributed by atoms with E-state index < -0.39 is 0 Å². The number of aromatic nitrogens is 1. The topological polar surface area (TPSA) is 57.7 Å². The first-order valence-corrected chi connectivity index (χ1v) is 5.95. The molecule has 0 aliphatic carbocycles. The maximum atomic E-state index is 12.5. The van der Waals surface area contributed by atoms with Gasteiger partial charge < -0.3 is 14.2 Å². The molecular formula is C15H15NO4. The van der Waals surface area contributed by atoms with Crippen LogP contribution >= 0.6 is 0 Å². The Morgan fingerprint density at radius 2 is 1.65 bits per heavy atom. The normalized spacial score (nSPS) is 9.95. The van der Waals surface area contributed by atoms with Gasteiger partial charge in [0.25, 0.3) is 0 Å². The highest BCUT2D eigenvalue weighted by molar-refractivity contribution is 6.11. The summed E-state index contributed by atoms with van der Waals surface area (Å²) in [6.07, 6.45) is 3.05. The zero-order valence-corrected chi connectivity index (χ0v) is 11.5. The second-order valence-corrected chi connectivity index (χ2v) is 4.01. The van der Waals surface area contributed by atoms with E-state index in [0.29, 0.717) is 28.4 Å². The van der Waals surface area contributed by atoms with Crippen LogP contribution in [-0.2, 0) is 0 Å². The molecule has 5 heteroatoms. The number of hydrogen-bond donors (Lipinski definition) is 0. The highest BCUT2D eigenvalue weighted by Gasteiger charge is 2.16. The van der Waals surface area contributed by atoms with E-state index in [1.165, 1.54) is 27.5 Å². The molecule has 0 fully saturated rings. The lowest BCUT2D eigenvalue weighted by atomic mass is 10.0. The average Bonchev–Trinajstić information content (AvgIpc) is 2.53. The summed E-state index contributed by atoms with van der Waals surface area (Å²) in [4.78, 5) is 16.5. The molecule has 0 aliphatic heterocycles. The van der Waals surface area contributed by atoms with E-state index in [9.17, 15) is 4.79 Å². The number of hydrogen-bond acceptors (Lipinski definition) is 5. The number of rotatable bonds is 5. The molecule has 0 bridgehead atoms. The van der Waals surface area contributed by atoms with E-state index in [4.69, 9.17) is 14.2 Å². The van der Waals surface area contributed by atoms with Crippen LogP contribution in [-0.4, -0.2) is 32.1 Å². The second kappa shape index (κ2) is 6.06. The van der Waals surface area contributed by atoms with E-state index in [2.05, 4.69) is 4.98 Å². The third-order valence-electron chi connectivity index (χ3n) is 2.86. The molecule has 0 spiro atoms. The third-order valence-corrected chi connectivity index (χ3v) is 2.86. The molecule has 2 rings (SSSR count). The fourth-order valence-electron chi connectivity index (χ4n) is 1.82. The van der Waals surface area contributed by atoms with Gasteiger partial charge in [-0.3, -0.25) is 9.78 Å². The maximum absolute atomic E-state index is 12.5. The predicted molar refractivity (Wildman–Crippen MR) is 73.8 cm³/mol. The molecule has 0 amide bonds. The summed E-state index contributed by atoms with van der Waals surface area (Å²) in [7, 11) is 4.58. The molecule has 0 N–H and O–H groups in total. The molecular weight excluding hydrogens is 258 g/mol. The van der Waals surface area contributed by atoms with Crippen LogP contribution < -0.4 is 14.2 Å².